The first-order chi connectivity index (χ1) is 12.0. The molecule has 0 fully saturated rings. The van der Waals surface area contributed by atoms with Crippen LogP contribution < -0.4 is 14.8 Å². The van der Waals surface area contributed by atoms with Gasteiger partial charge in [0.25, 0.3) is 0 Å². The van der Waals surface area contributed by atoms with E-state index in [9.17, 15) is 4.79 Å². The fourth-order valence-electron chi connectivity index (χ4n) is 2.63. The Labute approximate surface area is 153 Å². The summed E-state index contributed by atoms with van der Waals surface area (Å²) in [5.74, 6) is 1.52. The lowest BCUT2D eigenvalue weighted by molar-refractivity contribution is -0.121. The molecule has 5 nitrogen and oxygen atoms in total. The molecule has 1 amide bonds. The molecule has 1 N–H and O–H groups in total. The van der Waals surface area contributed by atoms with Gasteiger partial charge >= 0.3 is 0 Å². The third kappa shape index (κ3) is 5.76. The van der Waals surface area contributed by atoms with Gasteiger partial charge in [-0.15, -0.1) is 0 Å². The minimum atomic E-state index is 0.0452. The molecule has 2 rings (SSSR count). The van der Waals surface area contributed by atoms with Crippen molar-refractivity contribution in [3.05, 3.63) is 46.2 Å². The summed E-state index contributed by atoms with van der Waals surface area (Å²) in [6, 6.07) is 7.98. The standard InChI is InChI=1S/C19H26N2O3S/c1-21(2)18(15-7-8-25-13-15)12-20-19(22)6-5-14-9-16(23-3)11-17(10-14)24-4/h7-11,13,18H,5-6,12H2,1-4H3,(H,20,22). The highest BCUT2D eigenvalue weighted by molar-refractivity contribution is 7.07. The number of aryl methyl sites for hydroxylation is 1. The van der Waals surface area contributed by atoms with E-state index in [1.54, 1.807) is 25.6 Å². The molecule has 2 aromatic rings. The number of methoxy groups -OCH3 is 2. The average Bonchev–Trinajstić information content (AvgIpc) is 3.13. The summed E-state index contributed by atoms with van der Waals surface area (Å²) in [4.78, 5) is 14.4. The third-order valence-electron chi connectivity index (χ3n) is 4.10. The Hall–Kier alpha value is -2.05. The van der Waals surface area contributed by atoms with Crippen molar-refractivity contribution in [2.75, 3.05) is 34.9 Å². The summed E-state index contributed by atoms with van der Waals surface area (Å²) in [5.41, 5.74) is 2.25. The number of hydrogen-bond donors (Lipinski definition) is 1. The first-order valence-electron chi connectivity index (χ1n) is 8.20. The summed E-state index contributed by atoms with van der Waals surface area (Å²) in [7, 11) is 7.29. The fraction of sp³-hybridized carbons (Fsp3) is 0.421. The van der Waals surface area contributed by atoms with Crippen molar-refractivity contribution in [2.24, 2.45) is 0 Å². The van der Waals surface area contributed by atoms with E-state index in [2.05, 4.69) is 27.0 Å². The lowest BCUT2D eigenvalue weighted by atomic mass is 10.1. The first kappa shape index (κ1) is 19.3. The van der Waals surface area contributed by atoms with Crippen molar-refractivity contribution in [1.29, 1.82) is 0 Å². The molecule has 1 aromatic heterocycles. The predicted octanol–water partition coefficient (Wildman–Crippen LogP) is 3.12. The molecule has 0 aliphatic heterocycles. The van der Waals surface area contributed by atoms with Crippen LogP contribution in [0.3, 0.4) is 0 Å². The largest absolute Gasteiger partial charge is 0.497 e. The molecule has 0 bridgehead atoms. The number of benzene rings is 1. The second-order valence-corrected chi connectivity index (χ2v) is 6.84. The van der Waals surface area contributed by atoms with Crippen LogP contribution in [-0.4, -0.2) is 45.7 Å². The molecule has 0 aliphatic rings. The summed E-state index contributed by atoms with van der Waals surface area (Å²) in [6.45, 7) is 0.601. The molecule has 1 aromatic carbocycles. The molecular formula is C19H26N2O3S. The normalized spacial score (nSPS) is 12.0. The molecule has 25 heavy (non-hydrogen) atoms. The fourth-order valence-corrected chi connectivity index (χ4v) is 3.34. The molecule has 1 heterocycles. The molecule has 0 aliphatic carbocycles. The number of hydrogen-bond acceptors (Lipinski definition) is 5. The van der Waals surface area contributed by atoms with Crippen molar-refractivity contribution in [1.82, 2.24) is 10.2 Å². The Bertz CT molecular complexity index is 649. The van der Waals surface area contributed by atoms with Crippen LogP contribution in [0.25, 0.3) is 0 Å². The third-order valence-corrected chi connectivity index (χ3v) is 4.80. The quantitative estimate of drug-likeness (QED) is 0.745. The van der Waals surface area contributed by atoms with Crippen LogP contribution in [0.4, 0.5) is 0 Å². The number of carbonyl (C=O) groups excluding carboxylic acids is 1. The van der Waals surface area contributed by atoms with Crippen LogP contribution >= 0.6 is 11.3 Å². The van der Waals surface area contributed by atoms with Gasteiger partial charge in [0, 0.05) is 19.0 Å². The average molecular weight is 362 g/mol. The SMILES string of the molecule is COc1cc(CCC(=O)NCC(c2ccsc2)N(C)C)cc(OC)c1. The smallest absolute Gasteiger partial charge is 0.220 e. The van der Waals surface area contributed by atoms with Gasteiger partial charge in [-0.2, -0.15) is 11.3 Å². The van der Waals surface area contributed by atoms with E-state index in [0.29, 0.717) is 19.4 Å². The molecule has 0 radical (unpaired) electrons. The minimum absolute atomic E-state index is 0.0452. The van der Waals surface area contributed by atoms with E-state index in [-0.39, 0.29) is 11.9 Å². The van der Waals surface area contributed by atoms with Crippen LogP contribution in [0.5, 0.6) is 11.5 Å². The van der Waals surface area contributed by atoms with E-state index in [4.69, 9.17) is 9.47 Å². The Morgan fingerprint density at radius 1 is 1.20 bits per heavy atom. The van der Waals surface area contributed by atoms with Gasteiger partial charge in [-0.1, -0.05) is 0 Å². The van der Waals surface area contributed by atoms with E-state index in [0.717, 1.165) is 17.1 Å². The molecule has 1 atom stereocenters. The summed E-state index contributed by atoms with van der Waals surface area (Å²) < 4.78 is 10.5. The Kier molecular flexibility index (Phi) is 7.28. The van der Waals surface area contributed by atoms with E-state index >= 15 is 0 Å². The Balaban J connectivity index is 1.88. The monoisotopic (exact) mass is 362 g/mol. The van der Waals surface area contributed by atoms with Crippen LogP contribution in [0, 0.1) is 0 Å². The van der Waals surface area contributed by atoms with E-state index < -0.39 is 0 Å². The van der Waals surface area contributed by atoms with Crippen LogP contribution in [-0.2, 0) is 11.2 Å². The number of nitrogens with one attached hydrogen (secondary N) is 1. The summed E-state index contributed by atoms with van der Waals surface area (Å²) >= 11 is 1.67. The maximum absolute atomic E-state index is 12.2. The molecule has 6 heteroatoms. The molecule has 136 valence electrons. The van der Waals surface area contributed by atoms with Crippen molar-refractivity contribution in [3.8, 4) is 11.5 Å². The number of rotatable bonds is 9. The van der Waals surface area contributed by atoms with Crippen LogP contribution in [0.15, 0.2) is 35.0 Å². The van der Waals surface area contributed by atoms with Crippen LogP contribution in [0.2, 0.25) is 0 Å². The van der Waals surface area contributed by atoms with Gasteiger partial charge in [0.05, 0.1) is 20.3 Å². The van der Waals surface area contributed by atoms with Crippen molar-refractivity contribution < 1.29 is 14.3 Å². The molecule has 0 saturated heterocycles. The number of nitrogens with zero attached hydrogens (tertiary/aromatic N) is 1. The van der Waals surface area contributed by atoms with E-state index in [1.165, 1.54) is 5.56 Å². The van der Waals surface area contributed by atoms with Gasteiger partial charge in [-0.3, -0.25) is 4.79 Å². The van der Waals surface area contributed by atoms with Crippen LogP contribution in [0.1, 0.15) is 23.6 Å². The number of carbonyl (C=O) groups is 1. The van der Waals surface area contributed by atoms with Gasteiger partial charge in [0.1, 0.15) is 11.5 Å². The second-order valence-electron chi connectivity index (χ2n) is 6.06. The lowest BCUT2D eigenvalue weighted by Gasteiger charge is -2.24. The number of ether oxygens (including phenoxy) is 2. The lowest BCUT2D eigenvalue weighted by Crippen LogP contribution is -2.34. The maximum Gasteiger partial charge on any atom is 0.220 e. The van der Waals surface area contributed by atoms with Crippen molar-refractivity contribution >= 4 is 17.2 Å². The number of amides is 1. The highest BCUT2D eigenvalue weighted by atomic mass is 32.1. The van der Waals surface area contributed by atoms with Gasteiger partial charge < -0.3 is 19.7 Å². The van der Waals surface area contributed by atoms with E-state index in [1.807, 2.05) is 32.3 Å². The highest BCUT2D eigenvalue weighted by Crippen LogP contribution is 2.23. The van der Waals surface area contributed by atoms with Gasteiger partial charge in [-0.05, 0) is 60.6 Å². The topological polar surface area (TPSA) is 50.8 Å². The summed E-state index contributed by atoms with van der Waals surface area (Å²) in [6.07, 6.45) is 1.07. The zero-order valence-corrected chi connectivity index (χ0v) is 16.1. The molecule has 0 spiro atoms. The highest BCUT2D eigenvalue weighted by Gasteiger charge is 2.15. The number of thiophene rings is 1. The minimum Gasteiger partial charge on any atom is -0.497 e. The Morgan fingerprint density at radius 2 is 1.88 bits per heavy atom. The Morgan fingerprint density at radius 3 is 2.40 bits per heavy atom. The van der Waals surface area contributed by atoms with Crippen molar-refractivity contribution in [2.45, 2.75) is 18.9 Å². The van der Waals surface area contributed by atoms with Gasteiger partial charge in [0.15, 0.2) is 0 Å². The molecule has 1 unspecified atom stereocenters. The van der Waals surface area contributed by atoms with Gasteiger partial charge in [0.2, 0.25) is 5.91 Å². The molecular weight excluding hydrogens is 336 g/mol. The zero-order valence-electron chi connectivity index (χ0n) is 15.2. The van der Waals surface area contributed by atoms with Crippen molar-refractivity contribution in [3.63, 3.8) is 0 Å². The molecule has 0 saturated carbocycles. The van der Waals surface area contributed by atoms with Gasteiger partial charge in [-0.25, -0.2) is 0 Å². The summed E-state index contributed by atoms with van der Waals surface area (Å²) in [5, 5.41) is 7.23. The maximum atomic E-state index is 12.2. The zero-order chi connectivity index (χ0) is 18.2. The first-order valence-corrected chi connectivity index (χ1v) is 9.15. The number of likely N-dealkylation sites (N-methyl/N-ethyl adjacent to an activating group) is 1. The second kappa shape index (κ2) is 9.44. The predicted molar refractivity (Wildman–Crippen MR) is 102 cm³/mol.